The standard InChI is InChI=1S/C58H76N18O2/c1-35-31-69(10)33-52-43(37(3)64-74(52)27-25-72-22-14-15-23-72)16-19-48-46-29-50(53-38(4)63-70(11)57(53)77-35)60-41(7)56(46)75(66-48)34-76-58-54(39(5)65-76)49-28-45-47(61-62-55(45)40(6)59-49)18-17-44-42(8)73(26-24-71-20-12-13-21-71)67-51(44)32-68(9)30-36(2)78-58/h16-19,28-29,35-36H,12-15,20-27,30-34H2,1-11H3,(H,61,62)/b18-17+,19-16+/t35-,36-/m0/s1. The Morgan fingerprint density at radius 2 is 1.17 bits per heavy atom. The second kappa shape index (κ2) is 21.0. The van der Waals surface area contributed by atoms with Crippen molar-refractivity contribution < 1.29 is 9.47 Å². The Bertz CT molecular complexity index is 3610. The minimum Gasteiger partial charge on any atom is -0.473 e. The quantitative estimate of drug-likeness (QED) is 0.157. The first kappa shape index (κ1) is 51.7. The van der Waals surface area contributed by atoms with Crippen LogP contribution in [0, 0.1) is 41.5 Å². The molecule has 12 rings (SSSR count). The van der Waals surface area contributed by atoms with Crippen LogP contribution in [0.1, 0.15) is 108 Å². The van der Waals surface area contributed by atoms with Crippen LogP contribution in [0.3, 0.4) is 0 Å². The number of hydrogen-bond donors (Lipinski definition) is 1. The Morgan fingerprint density at radius 1 is 0.564 bits per heavy atom. The van der Waals surface area contributed by atoms with Crippen molar-refractivity contribution in [2.45, 2.75) is 126 Å². The molecule has 0 saturated carbocycles. The summed E-state index contributed by atoms with van der Waals surface area (Å²) in [7, 11) is 6.25. The Morgan fingerprint density at radius 3 is 1.88 bits per heavy atom. The van der Waals surface area contributed by atoms with E-state index >= 15 is 0 Å². The molecule has 0 radical (unpaired) electrons. The lowest BCUT2D eigenvalue weighted by Crippen LogP contribution is -2.32. The van der Waals surface area contributed by atoms with Crippen LogP contribution in [0.25, 0.3) is 68.6 Å². The van der Waals surface area contributed by atoms with Crippen molar-refractivity contribution in [1.82, 2.24) is 88.7 Å². The number of pyridine rings is 2. The van der Waals surface area contributed by atoms with Crippen molar-refractivity contribution in [1.29, 1.82) is 0 Å². The third-order valence-corrected chi connectivity index (χ3v) is 16.4. The number of fused-ring (bicyclic) bond motifs is 8. The highest BCUT2D eigenvalue weighted by molar-refractivity contribution is 5.95. The van der Waals surface area contributed by atoms with E-state index in [4.69, 9.17) is 50.0 Å². The van der Waals surface area contributed by atoms with Crippen molar-refractivity contribution in [2.75, 3.05) is 66.5 Å². The van der Waals surface area contributed by atoms with Crippen LogP contribution in [0.2, 0.25) is 0 Å². The molecule has 0 spiro atoms. The van der Waals surface area contributed by atoms with Gasteiger partial charge in [0.25, 0.3) is 0 Å². The largest absolute Gasteiger partial charge is 0.473 e. The normalized spacial score (nSPS) is 19.8. The van der Waals surface area contributed by atoms with Crippen molar-refractivity contribution in [2.24, 2.45) is 7.05 Å². The summed E-state index contributed by atoms with van der Waals surface area (Å²) in [5, 5.41) is 36.1. The Balaban J connectivity index is 0.963. The van der Waals surface area contributed by atoms with Crippen molar-refractivity contribution >= 4 is 46.1 Å². The third-order valence-electron chi connectivity index (χ3n) is 16.4. The van der Waals surface area contributed by atoms with Gasteiger partial charge in [0, 0.05) is 73.9 Å². The van der Waals surface area contributed by atoms with Gasteiger partial charge in [0.05, 0.1) is 92.4 Å². The summed E-state index contributed by atoms with van der Waals surface area (Å²) >= 11 is 0. The van der Waals surface area contributed by atoms with E-state index in [2.05, 4.69) is 119 Å². The summed E-state index contributed by atoms with van der Waals surface area (Å²) in [6, 6.07) is 4.27. The molecule has 2 atom stereocenters. The molecule has 2 fully saturated rings. The monoisotopic (exact) mass is 1060 g/mol. The number of nitrogens with one attached hydrogen (secondary N) is 1. The molecule has 2 saturated heterocycles. The smallest absolute Gasteiger partial charge is 0.223 e. The molecule has 8 aromatic heterocycles. The van der Waals surface area contributed by atoms with Crippen LogP contribution in [-0.4, -0.2) is 167 Å². The summed E-state index contributed by atoms with van der Waals surface area (Å²) in [6.45, 7) is 27.9. The summed E-state index contributed by atoms with van der Waals surface area (Å²) in [4.78, 5) is 20.3. The van der Waals surface area contributed by atoms with E-state index in [-0.39, 0.29) is 18.9 Å². The van der Waals surface area contributed by atoms with E-state index in [1.54, 1.807) is 0 Å². The van der Waals surface area contributed by atoms with E-state index in [0.717, 1.165) is 159 Å². The number of rotatable bonds is 8. The highest BCUT2D eigenvalue weighted by Crippen LogP contribution is 2.39. The number of aromatic amines is 1. The third kappa shape index (κ3) is 9.85. The van der Waals surface area contributed by atoms with Crippen molar-refractivity contribution in [3.8, 4) is 34.3 Å². The van der Waals surface area contributed by atoms with Crippen LogP contribution < -0.4 is 9.47 Å². The van der Waals surface area contributed by atoms with Gasteiger partial charge < -0.3 is 19.3 Å². The molecule has 0 unspecified atom stereocenters. The van der Waals surface area contributed by atoms with Crippen LogP contribution in [0.15, 0.2) is 12.1 Å². The molecule has 4 bridgehead atoms. The fraction of sp³-hybridized carbons (Fsp3) is 0.517. The maximum atomic E-state index is 7.20. The molecular weight excluding hydrogens is 981 g/mol. The summed E-state index contributed by atoms with van der Waals surface area (Å²) in [5.74, 6) is 1.30. The number of H-pyrrole nitrogens is 1. The summed E-state index contributed by atoms with van der Waals surface area (Å²) in [5.41, 5.74) is 16.5. The number of nitrogens with zero attached hydrogens (tertiary/aromatic N) is 17. The SMILES string of the molecule is Cc1nn(CCN2CCCC2)c2c1/C=C/c1nn(Cn3nc(C)c4c3O[C@@H](C)CN(C)Cc3nn(CCN5CCCC5)c(C)c3/C=C/c3[nH]nc5c(C)nc-4cc35)c3c(C)nc(cc13)-c1c(C)nn(C)c1O[C@@H](C)CN(C)C2. The number of ether oxygens (including phenoxy) is 2. The molecule has 0 aliphatic carbocycles. The Labute approximate surface area is 456 Å². The second-order valence-electron chi connectivity index (χ2n) is 22.6. The van der Waals surface area contributed by atoms with Gasteiger partial charge in [-0.2, -0.15) is 30.6 Å². The van der Waals surface area contributed by atoms with Gasteiger partial charge in [-0.25, -0.2) is 14.0 Å². The number of hydrogen-bond acceptors (Lipinski definition) is 14. The maximum Gasteiger partial charge on any atom is 0.223 e. The molecule has 8 aromatic rings. The van der Waals surface area contributed by atoms with E-state index in [1.807, 2.05) is 41.9 Å². The first-order chi connectivity index (χ1) is 37.6. The lowest BCUT2D eigenvalue weighted by atomic mass is 10.1. The van der Waals surface area contributed by atoms with Gasteiger partial charge in [0.15, 0.2) is 0 Å². The topological polar surface area (TPSA) is 175 Å². The predicted molar refractivity (Wildman–Crippen MR) is 305 cm³/mol. The molecule has 410 valence electrons. The van der Waals surface area contributed by atoms with Gasteiger partial charge in [-0.3, -0.25) is 34.2 Å². The molecular formula is C58H76N18O2. The first-order valence-electron chi connectivity index (χ1n) is 28.1. The highest BCUT2D eigenvalue weighted by atomic mass is 16.5. The van der Waals surface area contributed by atoms with Crippen molar-refractivity contribution in [3.63, 3.8) is 0 Å². The first-order valence-corrected chi connectivity index (χ1v) is 28.1. The van der Waals surface area contributed by atoms with Crippen molar-refractivity contribution in [3.05, 3.63) is 80.2 Å². The van der Waals surface area contributed by atoms with E-state index in [9.17, 15) is 0 Å². The molecule has 1 N–H and O–H groups in total. The zero-order chi connectivity index (χ0) is 54.1. The minimum atomic E-state index is -0.249. The molecule has 4 aliphatic heterocycles. The highest BCUT2D eigenvalue weighted by Gasteiger charge is 2.29. The summed E-state index contributed by atoms with van der Waals surface area (Å²) < 4.78 is 24.3. The fourth-order valence-electron chi connectivity index (χ4n) is 12.7. The van der Waals surface area contributed by atoms with E-state index < -0.39 is 0 Å². The van der Waals surface area contributed by atoms with Crippen LogP contribution in [-0.2, 0) is 39.9 Å². The lowest BCUT2D eigenvalue weighted by molar-refractivity contribution is 0.145. The van der Waals surface area contributed by atoms with Gasteiger partial charge in [-0.15, -0.1) is 0 Å². The van der Waals surface area contributed by atoms with Gasteiger partial charge >= 0.3 is 0 Å². The fourth-order valence-corrected chi connectivity index (χ4v) is 12.7. The van der Waals surface area contributed by atoms with Gasteiger partial charge in [-0.05, 0) is 158 Å². The zero-order valence-corrected chi connectivity index (χ0v) is 47.6. The molecule has 0 amide bonds. The number of aryl methyl sites for hydroxylation is 6. The molecule has 0 aromatic carbocycles. The minimum absolute atomic E-state index is 0.142. The second-order valence-corrected chi connectivity index (χ2v) is 22.6. The van der Waals surface area contributed by atoms with E-state index in [1.165, 1.54) is 31.4 Å². The van der Waals surface area contributed by atoms with Gasteiger partial charge in [0.2, 0.25) is 11.8 Å². The zero-order valence-electron chi connectivity index (χ0n) is 47.6. The van der Waals surface area contributed by atoms with Gasteiger partial charge in [-0.1, -0.05) is 0 Å². The van der Waals surface area contributed by atoms with Crippen LogP contribution >= 0.6 is 0 Å². The molecule has 20 nitrogen and oxygen atoms in total. The Hall–Kier alpha value is -7.00. The average Bonchev–Trinajstić information content (AvgIpc) is 4.31. The molecule has 78 heavy (non-hydrogen) atoms. The maximum absolute atomic E-state index is 7.20. The molecule has 20 heteroatoms. The number of likely N-dealkylation sites (tertiary alicyclic amines) is 2. The van der Waals surface area contributed by atoms with Crippen LogP contribution in [0.5, 0.6) is 11.8 Å². The Kier molecular flexibility index (Phi) is 13.9. The number of likely N-dealkylation sites (N-methyl/N-ethyl adjacent to an activating group) is 2. The van der Waals surface area contributed by atoms with Crippen LogP contribution in [0.4, 0.5) is 0 Å². The molecule has 12 heterocycles. The van der Waals surface area contributed by atoms with Gasteiger partial charge in [0.1, 0.15) is 24.4 Å². The number of aromatic nitrogens is 14. The molecule has 4 aliphatic rings. The lowest BCUT2D eigenvalue weighted by Gasteiger charge is -2.24. The summed E-state index contributed by atoms with van der Waals surface area (Å²) in [6.07, 6.45) is 13.4. The van der Waals surface area contributed by atoms with E-state index in [0.29, 0.717) is 37.9 Å². The average molecular weight is 1060 g/mol. The predicted octanol–water partition coefficient (Wildman–Crippen LogP) is 7.67.